The zero-order valence-corrected chi connectivity index (χ0v) is 16.3. The van der Waals surface area contributed by atoms with Crippen LogP contribution in [0.25, 0.3) is 10.9 Å². The summed E-state index contributed by atoms with van der Waals surface area (Å²) in [6, 6.07) is 3.95. The molecule has 0 amide bonds. The van der Waals surface area contributed by atoms with Crippen molar-refractivity contribution in [2.45, 2.75) is 44.6 Å². The first-order valence-electron chi connectivity index (χ1n) is 9.12. The van der Waals surface area contributed by atoms with Gasteiger partial charge in [0.25, 0.3) is 5.56 Å². The van der Waals surface area contributed by atoms with Crippen LogP contribution in [-0.2, 0) is 10.2 Å². The van der Waals surface area contributed by atoms with Gasteiger partial charge in [-0.2, -0.15) is 5.26 Å². The average molecular weight is 370 g/mol. The maximum absolute atomic E-state index is 12.5. The van der Waals surface area contributed by atoms with Crippen molar-refractivity contribution < 1.29 is 9.84 Å². The van der Waals surface area contributed by atoms with Crippen molar-refractivity contribution in [1.29, 1.82) is 5.26 Å². The fourth-order valence-electron chi connectivity index (χ4n) is 3.47. The molecule has 1 saturated heterocycles. The number of aromatic amines is 1. The van der Waals surface area contributed by atoms with Crippen molar-refractivity contribution in [3.63, 3.8) is 0 Å². The SMILES string of the molecule is COC1(C)CCN(c2c(C#N)c(=O)[nH]c3cnc(C(C)(C)CO)cc23)CC1. The van der Waals surface area contributed by atoms with Crippen molar-refractivity contribution in [3.8, 4) is 6.07 Å². The molecule has 3 rings (SSSR count). The van der Waals surface area contributed by atoms with E-state index in [1.165, 1.54) is 0 Å². The van der Waals surface area contributed by atoms with E-state index in [2.05, 4.69) is 27.9 Å². The largest absolute Gasteiger partial charge is 0.395 e. The van der Waals surface area contributed by atoms with Crippen LogP contribution in [0.15, 0.2) is 17.1 Å². The van der Waals surface area contributed by atoms with Crippen molar-refractivity contribution in [2.75, 3.05) is 31.7 Å². The van der Waals surface area contributed by atoms with Crippen LogP contribution < -0.4 is 10.5 Å². The zero-order valence-electron chi connectivity index (χ0n) is 16.3. The van der Waals surface area contributed by atoms with Gasteiger partial charge < -0.3 is 19.7 Å². The number of aromatic nitrogens is 2. The predicted molar refractivity (Wildman–Crippen MR) is 104 cm³/mol. The van der Waals surface area contributed by atoms with E-state index in [4.69, 9.17) is 4.74 Å². The molecule has 0 saturated carbocycles. The number of aliphatic hydroxyl groups is 1. The molecule has 0 unspecified atom stereocenters. The van der Waals surface area contributed by atoms with E-state index >= 15 is 0 Å². The summed E-state index contributed by atoms with van der Waals surface area (Å²) in [5.74, 6) is 0. The molecule has 0 aliphatic carbocycles. The highest BCUT2D eigenvalue weighted by Gasteiger charge is 2.32. The number of nitriles is 1. The number of aliphatic hydroxyl groups excluding tert-OH is 1. The van der Waals surface area contributed by atoms with Gasteiger partial charge in [0.05, 0.1) is 29.6 Å². The topological polar surface area (TPSA) is 102 Å². The molecule has 1 fully saturated rings. The quantitative estimate of drug-likeness (QED) is 0.854. The highest BCUT2D eigenvalue weighted by molar-refractivity contribution is 5.94. The Kier molecular flexibility index (Phi) is 4.98. The van der Waals surface area contributed by atoms with Crippen LogP contribution in [-0.4, -0.2) is 47.5 Å². The highest BCUT2D eigenvalue weighted by atomic mass is 16.5. The lowest BCUT2D eigenvalue weighted by atomic mass is 9.88. The molecule has 7 heteroatoms. The van der Waals surface area contributed by atoms with Crippen LogP contribution in [0.3, 0.4) is 0 Å². The first-order valence-corrected chi connectivity index (χ1v) is 9.12. The molecule has 7 nitrogen and oxygen atoms in total. The van der Waals surface area contributed by atoms with Gasteiger partial charge >= 0.3 is 0 Å². The summed E-state index contributed by atoms with van der Waals surface area (Å²) in [5.41, 5.74) is 0.946. The van der Waals surface area contributed by atoms with Gasteiger partial charge in [-0.05, 0) is 25.8 Å². The molecular weight excluding hydrogens is 344 g/mol. The third-order valence-electron chi connectivity index (χ3n) is 5.70. The van der Waals surface area contributed by atoms with Crippen LogP contribution in [0.4, 0.5) is 5.69 Å². The van der Waals surface area contributed by atoms with Gasteiger partial charge in [0.2, 0.25) is 0 Å². The zero-order chi connectivity index (χ0) is 19.8. The Hall–Kier alpha value is -2.43. The van der Waals surface area contributed by atoms with Gasteiger partial charge in [-0.15, -0.1) is 0 Å². The average Bonchev–Trinajstić information content (AvgIpc) is 2.67. The summed E-state index contributed by atoms with van der Waals surface area (Å²) in [5, 5.41) is 20.1. The van der Waals surface area contributed by atoms with Crippen molar-refractivity contribution in [3.05, 3.63) is 33.9 Å². The lowest BCUT2D eigenvalue weighted by Gasteiger charge is -2.40. The minimum Gasteiger partial charge on any atom is -0.395 e. The van der Waals surface area contributed by atoms with Gasteiger partial charge in [0, 0.05) is 36.7 Å². The molecule has 2 N–H and O–H groups in total. The minimum absolute atomic E-state index is 0.0504. The fraction of sp³-hybridized carbons (Fsp3) is 0.550. The van der Waals surface area contributed by atoms with Crippen molar-refractivity contribution in [2.24, 2.45) is 0 Å². The molecule has 0 radical (unpaired) electrons. The summed E-state index contributed by atoms with van der Waals surface area (Å²) in [6.45, 7) is 7.23. The van der Waals surface area contributed by atoms with Gasteiger partial charge in [0.15, 0.2) is 0 Å². The number of H-pyrrole nitrogens is 1. The lowest BCUT2D eigenvalue weighted by molar-refractivity contribution is -0.0132. The number of hydrogen-bond acceptors (Lipinski definition) is 6. The molecule has 0 bridgehead atoms. The second-order valence-electron chi connectivity index (χ2n) is 8.09. The molecule has 0 atom stereocenters. The summed E-state index contributed by atoms with van der Waals surface area (Å²) in [6.07, 6.45) is 3.23. The first kappa shape index (κ1) is 19.3. The number of pyridine rings is 2. The van der Waals surface area contributed by atoms with Crippen LogP contribution in [0.1, 0.15) is 44.9 Å². The Balaban J connectivity index is 2.18. The number of piperidine rings is 1. The van der Waals surface area contributed by atoms with Crippen LogP contribution >= 0.6 is 0 Å². The number of ether oxygens (including phenoxy) is 1. The fourth-order valence-corrected chi connectivity index (χ4v) is 3.47. The van der Waals surface area contributed by atoms with E-state index in [0.29, 0.717) is 30.0 Å². The molecular formula is C20H26N4O3. The van der Waals surface area contributed by atoms with Gasteiger partial charge in [0.1, 0.15) is 11.6 Å². The molecule has 144 valence electrons. The molecule has 2 aromatic heterocycles. The Bertz CT molecular complexity index is 950. The Morgan fingerprint density at radius 3 is 2.67 bits per heavy atom. The number of anilines is 1. The third-order valence-corrected chi connectivity index (χ3v) is 5.70. The number of fused-ring (bicyclic) bond motifs is 1. The lowest BCUT2D eigenvalue weighted by Crippen LogP contribution is -2.44. The Morgan fingerprint density at radius 2 is 2.11 bits per heavy atom. The van der Waals surface area contributed by atoms with E-state index in [-0.39, 0.29) is 17.8 Å². The highest BCUT2D eigenvalue weighted by Crippen LogP contribution is 2.34. The van der Waals surface area contributed by atoms with E-state index in [9.17, 15) is 15.2 Å². The van der Waals surface area contributed by atoms with Crippen LogP contribution in [0.2, 0.25) is 0 Å². The summed E-state index contributed by atoms with van der Waals surface area (Å²) in [7, 11) is 1.72. The molecule has 2 aromatic rings. The van der Waals surface area contributed by atoms with Gasteiger partial charge in [-0.25, -0.2) is 0 Å². The third kappa shape index (κ3) is 3.43. The van der Waals surface area contributed by atoms with Crippen LogP contribution in [0, 0.1) is 11.3 Å². The van der Waals surface area contributed by atoms with Gasteiger partial charge in [-0.1, -0.05) is 13.8 Å². The Labute approximate surface area is 158 Å². The van der Waals surface area contributed by atoms with E-state index in [1.807, 2.05) is 19.9 Å². The normalized spacial score (nSPS) is 17.1. The summed E-state index contributed by atoms with van der Waals surface area (Å²) >= 11 is 0. The molecule has 27 heavy (non-hydrogen) atoms. The molecule has 0 spiro atoms. The maximum Gasteiger partial charge on any atom is 0.268 e. The number of nitrogens with zero attached hydrogens (tertiary/aromatic N) is 3. The van der Waals surface area contributed by atoms with Crippen molar-refractivity contribution in [1.82, 2.24) is 9.97 Å². The molecule has 3 heterocycles. The molecule has 1 aliphatic heterocycles. The van der Waals surface area contributed by atoms with E-state index in [1.54, 1.807) is 13.3 Å². The number of hydrogen-bond donors (Lipinski definition) is 2. The van der Waals surface area contributed by atoms with E-state index < -0.39 is 11.0 Å². The smallest absolute Gasteiger partial charge is 0.268 e. The minimum atomic E-state index is -0.523. The number of nitrogens with one attached hydrogen (secondary N) is 1. The number of methoxy groups -OCH3 is 1. The maximum atomic E-state index is 12.5. The predicted octanol–water partition coefficient (Wildman–Crippen LogP) is 2.07. The first-order chi connectivity index (χ1) is 12.7. The van der Waals surface area contributed by atoms with E-state index in [0.717, 1.165) is 18.2 Å². The van der Waals surface area contributed by atoms with Crippen LogP contribution in [0.5, 0.6) is 0 Å². The van der Waals surface area contributed by atoms with Gasteiger partial charge in [-0.3, -0.25) is 9.78 Å². The summed E-state index contributed by atoms with van der Waals surface area (Å²) < 4.78 is 5.61. The Morgan fingerprint density at radius 1 is 1.44 bits per heavy atom. The second kappa shape index (κ2) is 6.95. The molecule has 1 aliphatic rings. The standard InChI is InChI=1S/C20H26N4O3/c1-19(2,12-25)16-9-13-15(11-22-16)23-18(26)14(10-21)17(13)24-7-5-20(3,27-4)6-8-24/h9,11,25H,5-8,12H2,1-4H3,(H,23,26). The number of rotatable bonds is 4. The molecule has 0 aromatic carbocycles. The monoisotopic (exact) mass is 370 g/mol. The summed E-state index contributed by atoms with van der Waals surface area (Å²) in [4.78, 5) is 21.7. The second-order valence-corrected chi connectivity index (χ2v) is 8.09. The van der Waals surface area contributed by atoms with Crippen molar-refractivity contribution >= 4 is 16.6 Å².